The van der Waals surface area contributed by atoms with Crippen molar-refractivity contribution < 1.29 is 64.6 Å². The molecule has 0 aromatic heterocycles. The van der Waals surface area contributed by atoms with E-state index in [1.54, 1.807) is 6.08 Å². The fourth-order valence-corrected chi connectivity index (χ4v) is 5.04. The molecule has 14 nitrogen and oxygen atoms in total. The first-order valence-corrected chi connectivity index (χ1v) is 15.4. The number of aliphatic hydroxyl groups is 8. The molecule has 9 N–H and O–H groups in total. The van der Waals surface area contributed by atoms with E-state index in [4.69, 9.17) is 18.9 Å². The quantitative estimate of drug-likeness (QED) is 0.0595. The minimum Gasteiger partial charge on any atom is -0.394 e. The Morgan fingerprint density at radius 2 is 1.44 bits per heavy atom. The van der Waals surface area contributed by atoms with Gasteiger partial charge in [0.1, 0.15) is 48.8 Å². The summed E-state index contributed by atoms with van der Waals surface area (Å²) in [5, 5.41) is 84.7. The fraction of sp³-hybridized carbons (Fsp3) is 0.897. The number of carbonyl (C=O) groups is 1. The SMILES string of the molecule is CCCCCCCC/C=C/C(O)C(COC1OC(CO)C(OC2OC(CO)C(O)C(O)C2O)C(O)C1O)NC(=O)CCC. The lowest BCUT2D eigenvalue weighted by atomic mass is 9.97. The highest BCUT2D eigenvalue weighted by Gasteiger charge is 2.50. The molecule has 0 bridgehead atoms. The third-order valence-electron chi connectivity index (χ3n) is 7.69. The number of hydrogen-bond donors (Lipinski definition) is 9. The number of allylic oxidation sites excluding steroid dienone is 1. The Labute approximate surface area is 253 Å². The normalized spacial score (nSPS) is 34.7. The second-order valence-electron chi connectivity index (χ2n) is 11.2. The summed E-state index contributed by atoms with van der Waals surface area (Å²) in [7, 11) is 0. The first-order valence-electron chi connectivity index (χ1n) is 15.4. The number of hydrogen-bond acceptors (Lipinski definition) is 13. The summed E-state index contributed by atoms with van der Waals surface area (Å²) in [4.78, 5) is 12.3. The zero-order chi connectivity index (χ0) is 31.9. The van der Waals surface area contributed by atoms with Gasteiger partial charge in [-0.1, -0.05) is 58.1 Å². The van der Waals surface area contributed by atoms with Crippen LogP contribution < -0.4 is 5.32 Å². The lowest BCUT2D eigenvalue weighted by Crippen LogP contribution is -2.65. The van der Waals surface area contributed by atoms with Gasteiger partial charge >= 0.3 is 0 Å². The molecule has 0 radical (unpaired) electrons. The van der Waals surface area contributed by atoms with Crippen molar-refractivity contribution >= 4 is 5.91 Å². The Hall–Kier alpha value is -1.27. The molecule has 12 unspecified atom stereocenters. The second-order valence-corrected chi connectivity index (χ2v) is 11.2. The van der Waals surface area contributed by atoms with E-state index in [-0.39, 0.29) is 18.9 Å². The van der Waals surface area contributed by atoms with Crippen molar-refractivity contribution in [3.63, 3.8) is 0 Å². The highest BCUT2D eigenvalue weighted by molar-refractivity contribution is 5.76. The van der Waals surface area contributed by atoms with Crippen LogP contribution in [0.1, 0.15) is 71.6 Å². The zero-order valence-electron chi connectivity index (χ0n) is 25.2. The largest absolute Gasteiger partial charge is 0.394 e. The monoisotopic (exact) mass is 623 g/mol. The number of unbranched alkanes of at least 4 members (excludes halogenated alkanes) is 6. The summed E-state index contributed by atoms with van der Waals surface area (Å²) in [6, 6.07) is -0.900. The Morgan fingerprint density at radius 3 is 2.09 bits per heavy atom. The number of rotatable bonds is 19. The minimum absolute atomic E-state index is 0.232. The van der Waals surface area contributed by atoms with Crippen LogP contribution >= 0.6 is 0 Å². The molecule has 0 saturated carbocycles. The summed E-state index contributed by atoms with van der Waals surface area (Å²) in [5.41, 5.74) is 0. The maximum Gasteiger partial charge on any atom is 0.220 e. The van der Waals surface area contributed by atoms with Gasteiger partial charge in [-0.2, -0.15) is 0 Å². The first-order chi connectivity index (χ1) is 20.6. The first kappa shape index (κ1) is 37.9. The van der Waals surface area contributed by atoms with Gasteiger partial charge < -0.3 is 65.1 Å². The lowest BCUT2D eigenvalue weighted by Gasteiger charge is -2.46. The summed E-state index contributed by atoms with van der Waals surface area (Å²) in [5.74, 6) is -0.300. The number of amides is 1. The van der Waals surface area contributed by atoms with Crippen LogP contribution in [-0.4, -0.2) is 140 Å². The van der Waals surface area contributed by atoms with Crippen molar-refractivity contribution in [2.75, 3.05) is 19.8 Å². The maximum atomic E-state index is 12.3. The smallest absolute Gasteiger partial charge is 0.220 e. The number of aliphatic hydroxyl groups excluding tert-OH is 8. The van der Waals surface area contributed by atoms with Gasteiger partial charge in [0.2, 0.25) is 5.91 Å². The van der Waals surface area contributed by atoms with Gasteiger partial charge in [-0.15, -0.1) is 0 Å². The van der Waals surface area contributed by atoms with E-state index >= 15 is 0 Å². The van der Waals surface area contributed by atoms with E-state index in [0.717, 1.165) is 25.7 Å². The second kappa shape index (κ2) is 20.0. The van der Waals surface area contributed by atoms with E-state index in [1.165, 1.54) is 19.3 Å². The summed E-state index contributed by atoms with van der Waals surface area (Å²) >= 11 is 0. The Morgan fingerprint density at radius 1 is 0.814 bits per heavy atom. The molecule has 2 heterocycles. The van der Waals surface area contributed by atoms with E-state index in [9.17, 15) is 45.6 Å². The molecule has 2 fully saturated rings. The molecule has 0 aromatic rings. The molecule has 0 spiro atoms. The number of carbonyl (C=O) groups excluding carboxylic acids is 1. The van der Waals surface area contributed by atoms with Gasteiger partial charge in [-0.05, 0) is 19.3 Å². The molecule has 0 aromatic carbocycles. The molecule has 2 aliphatic heterocycles. The Kier molecular flexibility index (Phi) is 17.6. The number of nitrogens with one attached hydrogen (secondary N) is 1. The van der Waals surface area contributed by atoms with Gasteiger partial charge in [-0.25, -0.2) is 0 Å². The van der Waals surface area contributed by atoms with Crippen LogP contribution in [0.4, 0.5) is 0 Å². The Bertz CT molecular complexity index is 800. The molecule has 14 heteroatoms. The molecule has 2 saturated heterocycles. The van der Waals surface area contributed by atoms with Gasteiger partial charge in [-0.3, -0.25) is 4.79 Å². The van der Waals surface area contributed by atoms with Crippen molar-refractivity contribution in [3.8, 4) is 0 Å². The van der Waals surface area contributed by atoms with E-state index < -0.39 is 86.8 Å². The summed E-state index contributed by atoms with van der Waals surface area (Å²) < 4.78 is 22.2. The van der Waals surface area contributed by atoms with Gasteiger partial charge in [0.15, 0.2) is 12.6 Å². The molecule has 2 rings (SSSR count). The summed E-state index contributed by atoms with van der Waals surface area (Å²) in [6.45, 7) is 2.28. The molecule has 0 aliphatic carbocycles. The van der Waals surface area contributed by atoms with Crippen molar-refractivity contribution in [3.05, 3.63) is 12.2 Å². The van der Waals surface area contributed by atoms with E-state index in [2.05, 4.69) is 12.2 Å². The maximum absolute atomic E-state index is 12.3. The molecule has 1 amide bonds. The Balaban J connectivity index is 2.00. The molecular formula is C29H53NO13. The van der Waals surface area contributed by atoms with Gasteiger partial charge in [0.25, 0.3) is 0 Å². The third kappa shape index (κ3) is 11.6. The van der Waals surface area contributed by atoms with Gasteiger partial charge in [0, 0.05) is 6.42 Å². The molecule has 252 valence electrons. The zero-order valence-corrected chi connectivity index (χ0v) is 25.2. The van der Waals surface area contributed by atoms with Gasteiger partial charge in [0.05, 0.1) is 32.0 Å². The molecular weight excluding hydrogens is 570 g/mol. The average Bonchev–Trinajstić information content (AvgIpc) is 2.99. The van der Waals surface area contributed by atoms with E-state index in [1.807, 2.05) is 13.0 Å². The van der Waals surface area contributed by atoms with Crippen molar-refractivity contribution in [2.45, 2.75) is 145 Å². The number of ether oxygens (including phenoxy) is 4. The summed E-state index contributed by atoms with van der Waals surface area (Å²) in [6.07, 6.45) is -5.06. The highest BCUT2D eigenvalue weighted by Crippen LogP contribution is 2.29. The topological polar surface area (TPSA) is 228 Å². The predicted molar refractivity (Wildman–Crippen MR) is 152 cm³/mol. The predicted octanol–water partition coefficient (Wildman–Crippen LogP) is -1.42. The fourth-order valence-electron chi connectivity index (χ4n) is 5.04. The van der Waals surface area contributed by atoms with Crippen LogP contribution in [0.15, 0.2) is 12.2 Å². The molecule has 12 atom stereocenters. The van der Waals surface area contributed by atoms with Crippen LogP contribution in [0.3, 0.4) is 0 Å². The lowest BCUT2D eigenvalue weighted by molar-refractivity contribution is -0.359. The van der Waals surface area contributed by atoms with Crippen molar-refractivity contribution in [2.24, 2.45) is 0 Å². The van der Waals surface area contributed by atoms with Crippen LogP contribution in [0.5, 0.6) is 0 Å². The average molecular weight is 624 g/mol. The van der Waals surface area contributed by atoms with Crippen LogP contribution in [0.25, 0.3) is 0 Å². The highest BCUT2D eigenvalue weighted by atomic mass is 16.7. The minimum atomic E-state index is -1.78. The third-order valence-corrected chi connectivity index (χ3v) is 7.69. The van der Waals surface area contributed by atoms with Crippen LogP contribution in [0, 0.1) is 0 Å². The molecule has 43 heavy (non-hydrogen) atoms. The van der Waals surface area contributed by atoms with Crippen molar-refractivity contribution in [1.82, 2.24) is 5.32 Å². The standard InChI is InChI=1S/C29H53NO13/c1-3-5-6-7-8-9-10-11-13-18(33)17(30-21(34)12-4-2)16-40-28-26(39)24(37)27(20(15-32)42-28)43-29-25(38)23(36)22(35)19(14-31)41-29/h11,13,17-20,22-29,31-33,35-39H,3-10,12,14-16H2,1-2H3,(H,30,34)/b13-11+. The molecule has 2 aliphatic rings. The van der Waals surface area contributed by atoms with E-state index in [0.29, 0.717) is 6.42 Å². The van der Waals surface area contributed by atoms with Crippen LogP contribution in [-0.2, 0) is 23.7 Å². The van der Waals surface area contributed by atoms with Crippen molar-refractivity contribution in [1.29, 1.82) is 0 Å². The van der Waals surface area contributed by atoms with Crippen LogP contribution in [0.2, 0.25) is 0 Å².